The molecule has 3 rings (SSSR count). The molecular weight excluding hydrogens is 324 g/mol. The summed E-state index contributed by atoms with van der Waals surface area (Å²) < 4.78 is 1.96. The van der Waals surface area contributed by atoms with Gasteiger partial charge in [-0.15, -0.1) is 0 Å². The molecule has 2 aromatic carbocycles. The molecule has 1 heterocycles. The zero-order valence-corrected chi connectivity index (χ0v) is 13.6. The van der Waals surface area contributed by atoms with Crippen molar-refractivity contribution in [1.82, 2.24) is 9.88 Å². The number of carbonyl (C=O) groups is 1. The number of amides is 1. The minimum atomic E-state index is -0.773. The SMILES string of the molecule is O=C(NCC(O)c1ccc(Cl)cc1)c1ccc(-n2cccc2)cc1. The van der Waals surface area contributed by atoms with Gasteiger partial charge in [-0.3, -0.25) is 4.79 Å². The van der Waals surface area contributed by atoms with E-state index in [1.54, 1.807) is 36.4 Å². The largest absolute Gasteiger partial charge is 0.387 e. The Morgan fingerprint density at radius 2 is 1.67 bits per heavy atom. The summed E-state index contributed by atoms with van der Waals surface area (Å²) in [6, 6.07) is 18.1. The average Bonchev–Trinajstić information content (AvgIpc) is 3.15. The number of nitrogens with one attached hydrogen (secondary N) is 1. The van der Waals surface area contributed by atoms with Crippen molar-refractivity contribution in [3.8, 4) is 5.69 Å². The Morgan fingerprint density at radius 1 is 1.04 bits per heavy atom. The van der Waals surface area contributed by atoms with Crippen molar-refractivity contribution in [3.05, 3.63) is 89.2 Å². The smallest absolute Gasteiger partial charge is 0.251 e. The maximum Gasteiger partial charge on any atom is 0.251 e. The van der Waals surface area contributed by atoms with Crippen molar-refractivity contribution in [2.24, 2.45) is 0 Å². The van der Waals surface area contributed by atoms with Gasteiger partial charge in [-0.1, -0.05) is 23.7 Å². The Hall–Kier alpha value is -2.56. The topological polar surface area (TPSA) is 54.3 Å². The van der Waals surface area contributed by atoms with Crippen molar-refractivity contribution in [1.29, 1.82) is 0 Å². The third-order valence-electron chi connectivity index (χ3n) is 3.74. The van der Waals surface area contributed by atoms with Crippen LogP contribution in [0.5, 0.6) is 0 Å². The van der Waals surface area contributed by atoms with E-state index in [2.05, 4.69) is 5.32 Å². The van der Waals surface area contributed by atoms with Crippen LogP contribution in [0.4, 0.5) is 0 Å². The third-order valence-corrected chi connectivity index (χ3v) is 3.99. The van der Waals surface area contributed by atoms with Crippen LogP contribution in [0.15, 0.2) is 73.1 Å². The maximum absolute atomic E-state index is 12.2. The second-order valence-electron chi connectivity index (χ2n) is 5.41. The van der Waals surface area contributed by atoms with E-state index in [0.717, 1.165) is 5.69 Å². The second-order valence-corrected chi connectivity index (χ2v) is 5.85. The molecule has 1 aromatic heterocycles. The van der Waals surface area contributed by atoms with Crippen molar-refractivity contribution in [3.63, 3.8) is 0 Å². The first-order chi connectivity index (χ1) is 11.6. The van der Waals surface area contributed by atoms with Crippen LogP contribution >= 0.6 is 11.6 Å². The Labute approximate surface area is 145 Å². The zero-order valence-electron chi connectivity index (χ0n) is 12.9. The van der Waals surface area contributed by atoms with Crippen LogP contribution in [0, 0.1) is 0 Å². The molecule has 1 amide bonds. The Balaban J connectivity index is 1.59. The lowest BCUT2D eigenvalue weighted by Gasteiger charge is -2.12. The summed E-state index contributed by atoms with van der Waals surface area (Å²) >= 11 is 5.82. The molecule has 0 aliphatic rings. The summed E-state index contributed by atoms with van der Waals surface area (Å²) in [5.41, 5.74) is 2.25. The van der Waals surface area contributed by atoms with E-state index in [1.165, 1.54) is 0 Å². The van der Waals surface area contributed by atoms with Crippen LogP contribution in [-0.4, -0.2) is 22.1 Å². The molecule has 0 radical (unpaired) electrons. The lowest BCUT2D eigenvalue weighted by Crippen LogP contribution is -2.28. The molecule has 1 unspecified atom stereocenters. The number of hydrogen-bond acceptors (Lipinski definition) is 2. The highest BCUT2D eigenvalue weighted by Gasteiger charge is 2.11. The Bertz CT molecular complexity index is 796. The molecule has 0 aliphatic heterocycles. The molecule has 0 bridgehead atoms. The highest BCUT2D eigenvalue weighted by Crippen LogP contribution is 2.16. The van der Waals surface area contributed by atoms with Gasteiger partial charge in [0.2, 0.25) is 0 Å². The first-order valence-corrected chi connectivity index (χ1v) is 7.96. The molecular formula is C19H17ClN2O2. The number of nitrogens with zero attached hydrogens (tertiary/aromatic N) is 1. The minimum absolute atomic E-state index is 0.139. The standard InChI is InChI=1S/C19H17ClN2O2/c20-16-7-3-14(4-8-16)18(23)13-21-19(24)15-5-9-17(10-6-15)22-11-1-2-12-22/h1-12,18,23H,13H2,(H,21,24). The number of aromatic nitrogens is 1. The zero-order chi connectivity index (χ0) is 16.9. The molecule has 4 nitrogen and oxygen atoms in total. The van der Waals surface area contributed by atoms with Crippen LogP contribution < -0.4 is 5.32 Å². The summed E-state index contributed by atoms with van der Waals surface area (Å²) in [6.07, 6.45) is 3.11. The number of carbonyl (C=O) groups excluding carboxylic acids is 1. The number of halogens is 1. The molecule has 0 fully saturated rings. The van der Waals surface area contributed by atoms with Crippen molar-refractivity contribution in [2.45, 2.75) is 6.10 Å². The highest BCUT2D eigenvalue weighted by atomic mass is 35.5. The molecule has 0 spiro atoms. The monoisotopic (exact) mass is 340 g/mol. The van der Waals surface area contributed by atoms with E-state index in [4.69, 9.17) is 11.6 Å². The number of benzene rings is 2. The van der Waals surface area contributed by atoms with E-state index < -0.39 is 6.10 Å². The van der Waals surface area contributed by atoms with Crippen LogP contribution in [-0.2, 0) is 0 Å². The summed E-state index contributed by atoms with van der Waals surface area (Å²) in [4.78, 5) is 12.2. The van der Waals surface area contributed by atoms with Gasteiger partial charge < -0.3 is 15.0 Å². The quantitative estimate of drug-likeness (QED) is 0.745. The first kappa shape index (κ1) is 16.3. The van der Waals surface area contributed by atoms with Crippen LogP contribution in [0.3, 0.4) is 0 Å². The highest BCUT2D eigenvalue weighted by molar-refractivity contribution is 6.30. The number of aliphatic hydroxyl groups excluding tert-OH is 1. The molecule has 0 aliphatic carbocycles. The molecule has 5 heteroatoms. The molecule has 2 N–H and O–H groups in total. The van der Waals surface area contributed by atoms with E-state index >= 15 is 0 Å². The van der Waals surface area contributed by atoms with Gasteiger partial charge in [0, 0.05) is 35.2 Å². The van der Waals surface area contributed by atoms with Gasteiger partial charge in [0.05, 0.1) is 6.10 Å². The van der Waals surface area contributed by atoms with Gasteiger partial charge in [0.1, 0.15) is 0 Å². The van der Waals surface area contributed by atoms with E-state index in [-0.39, 0.29) is 12.5 Å². The molecule has 24 heavy (non-hydrogen) atoms. The first-order valence-electron chi connectivity index (χ1n) is 7.58. The van der Waals surface area contributed by atoms with Gasteiger partial charge in [-0.25, -0.2) is 0 Å². The van der Waals surface area contributed by atoms with Crippen molar-refractivity contribution in [2.75, 3.05) is 6.54 Å². The predicted octanol–water partition coefficient (Wildman–Crippen LogP) is 3.59. The summed E-state index contributed by atoms with van der Waals surface area (Å²) in [5, 5.41) is 13.5. The maximum atomic E-state index is 12.2. The van der Waals surface area contributed by atoms with Crippen LogP contribution in [0.25, 0.3) is 5.69 Å². The van der Waals surface area contributed by atoms with E-state index in [1.807, 2.05) is 41.2 Å². The van der Waals surface area contributed by atoms with Crippen LogP contribution in [0.2, 0.25) is 5.02 Å². The summed E-state index contributed by atoms with van der Waals surface area (Å²) in [7, 11) is 0. The fourth-order valence-corrected chi connectivity index (χ4v) is 2.51. The molecule has 122 valence electrons. The van der Waals surface area contributed by atoms with Gasteiger partial charge in [0.25, 0.3) is 5.91 Å². The lowest BCUT2D eigenvalue weighted by molar-refractivity contribution is 0.0916. The molecule has 3 aromatic rings. The summed E-state index contributed by atoms with van der Waals surface area (Å²) in [6.45, 7) is 0.139. The lowest BCUT2D eigenvalue weighted by atomic mass is 10.1. The Kier molecular flexibility index (Phi) is 4.99. The average molecular weight is 341 g/mol. The number of aliphatic hydroxyl groups is 1. The van der Waals surface area contributed by atoms with Gasteiger partial charge in [0.15, 0.2) is 0 Å². The fraction of sp³-hybridized carbons (Fsp3) is 0.105. The van der Waals surface area contributed by atoms with Crippen molar-refractivity contribution >= 4 is 17.5 Å². The minimum Gasteiger partial charge on any atom is -0.387 e. The molecule has 0 saturated heterocycles. The van der Waals surface area contributed by atoms with Crippen LogP contribution in [0.1, 0.15) is 22.0 Å². The Morgan fingerprint density at radius 3 is 2.29 bits per heavy atom. The number of rotatable bonds is 5. The van der Waals surface area contributed by atoms with Gasteiger partial charge >= 0.3 is 0 Å². The van der Waals surface area contributed by atoms with Crippen molar-refractivity contribution < 1.29 is 9.90 Å². The molecule has 0 saturated carbocycles. The van der Waals surface area contributed by atoms with E-state index in [0.29, 0.717) is 16.1 Å². The van der Waals surface area contributed by atoms with Gasteiger partial charge in [-0.05, 0) is 54.1 Å². The third kappa shape index (κ3) is 3.85. The number of hydrogen-bond donors (Lipinski definition) is 2. The summed E-state index contributed by atoms with van der Waals surface area (Å²) in [5.74, 6) is -0.220. The van der Waals surface area contributed by atoms with E-state index in [9.17, 15) is 9.90 Å². The normalized spacial score (nSPS) is 11.9. The molecule has 1 atom stereocenters. The van der Waals surface area contributed by atoms with Gasteiger partial charge in [-0.2, -0.15) is 0 Å². The predicted molar refractivity (Wildman–Crippen MR) is 94.5 cm³/mol. The second kappa shape index (κ2) is 7.34. The fourth-order valence-electron chi connectivity index (χ4n) is 2.39.